The predicted octanol–water partition coefficient (Wildman–Crippen LogP) is 3.12. The number of likely N-dealkylation sites (N-methyl/N-ethyl adjacent to an activating group) is 1. The number of hydrogen-bond donors (Lipinski definition) is 1. The van der Waals surface area contributed by atoms with E-state index in [-0.39, 0.29) is 4.90 Å². The summed E-state index contributed by atoms with van der Waals surface area (Å²) in [6.07, 6.45) is 0. The van der Waals surface area contributed by atoms with Gasteiger partial charge in [-0.25, -0.2) is 12.8 Å². The number of rotatable bonds is 8. The summed E-state index contributed by atoms with van der Waals surface area (Å²) in [6.45, 7) is 4.12. The van der Waals surface area contributed by atoms with Gasteiger partial charge in [-0.15, -0.1) is 0 Å². The van der Waals surface area contributed by atoms with Gasteiger partial charge in [0, 0.05) is 7.05 Å². The molecule has 2 aromatic carbocycles. The van der Waals surface area contributed by atoms with Crippen molar-refractivity contribution in [1.29, 1.82) is 0 Å². The minimum atomic E-state index is -3.90. The molecule has 1 amide bonds. The Morgan fingerprint density at radius 3 is 2.41 bits per heavy atom. The summed E-state index contributed by atoms with van der Waals surface area (Å²) < 4.78 is 44.5. The average molecular weight is 394 g/mol. The summed E-state index contributed by atoms with van der Waals surface area (Å²) in [4.78, 5) is 12.2. The van der Waals surface area contributed by atoms with Gasteiger partial charge < -0.3 is 10.1 Å². The maximum absolute atomic E-state index is 13.0. The lowest BCUT2D eigenvalue weighted by atomic mass is 10.2. The normalized spacial score (nSPS) is 11.6. The van der Waals surface area contributed by atoms with Crippen molar-refractivity contribution in [3.63, 3.8) is 0 Å². The number of sulfonamides is 1. The lowest BCUT2D eigenvalue weighted by molar-refractivity contribution is -0.116. The molecular formula is C19H23FN2O4S. The molecule has 2 rings (SSSR count). The molecule has 0 aliphatic rings. The van der Waals surface area contributed by atoms with Gasteiger partial charge in [-0.05, 0) is 42.3 Å². The van der Waals surface area contributed by atoms with Crippen LogP contribution in [0, 0.1) is 11.7 Å². The highest BCUT2D eigenvalue weighted by molar-refractivity contribution is 7.89. The standard InChI is InChI=1S/C19H23FN2O4S/c1-14(2)13-26-18-7-5-4-6-17(18)21-19(23)12-22(3)27(24,25)16-10-8-15(20)9-11-16/h4-11,14H,12-13H2,1-3H3,(H,21,23). The number of amides is 1. The maximum Gasteiger partial charge on any atom is 0.243 e. The molecule has 27 heavy (non-hydrogen) atoms. The van der Waals surface area contributed by atoms with Crippen LogP contribution >= 0.6 is 0 Å². The highest BCUT2D eigenvalue weighted by Crippen LogP contribution is 2.24. The molecule has 0 fully saturated rings. The highest BCUT2D eigenvalue weighted by Gasteiger charge is 2.23. The highest BCUT2D eigenvalue weighted by atomic mass is 32.2. The second-order valence-corrected chi connectivity index (χ2v) is 8.51. The monoisotopic (exact) mass is 394 g/mol. The summed E-state index contributed by atoms with van der Waals surface area (Å²) in [5.74, 6) is -0.208. The van der Waals surface area contributed by atoms with E-state index in [1.54, 1.807) is 24.3 Å². The van der Waals surface area contributed by atoms with E-state index < -0.39 is 28.3 Å². The summed E-state index contributed by atoms with van der Waals surface area (Å²) in [5, 5.41) is 2.67. The Hall–Kier alpha value is -2.45. The quantitative estimate of drug-likeness (QED) is 0.746. The first-order valence-electron chi connectivity index (χ1n) is 8.43. The fourth-order valence-corrected chi connectivity index (χ4v) is 3.34. The molecule has 0 spiro atoms. The average Bonchev–Trinajstić information content (AvgIpc) is 2.61. The lowest BCUT2D eigenvalue weighted by Crippen LogP contribution is -2.35. The third-order valence-electron chi connectivity index (χ3n) is 3.62. The Labute approximate surface area is 159 Å². The van der Waals surface area contributed by atoms with Crippen LogP contribution < -0.4 is 10.1 Å². The Bertz CT molecular complexity index is 883. The van der Waals surface area contributed by atoms with Crippen molar-refractivity contribution in [3.05, 3.63) is 54.3 Å². The van der Waals surface area contributed by atoms with Gasteiger partial charge in [0.1, 0.15) is 11.6 Å². The Morgan fingerprint density at radius 2 is 1.78 bits per heavy atom. The number of carbonyl (C=O) groups excluding carboxylic acids is 1. The molecule has 0 aliphatic heterocycles. The van der Waals surface area contributed by atoms with Crippen LogP contribution in [0.1, 0.15) is 13.8 Å². The fourth-order valence-electron chi connectivity index (χ4n) is 2.22. The van der Waals surface area contributed by atoms with Gasteiger partial charge in [0.05, 0.1) is 23.7 Å². The fraction of sp³-hybridized carbons (Fsp3) is 0.316. The molecule has 2 aromatic rings. The van der Waals surface area contributed by atoms with Crippen LogP contribution in [0.4, 0.5) is 10.1 Å². The Kier molecular flexibility index (Phi) is 6.92. The Balaban J connectivity index is 2.06. The number of halogens is 1. The van der Waals surface area contributed by atoms with Gasteiger partial charge in [0.25, 0.3) is 0 Å². The second kappa shape index (κ2) is 8.96. The molecule has 0 aromatic heterocycles. The molecule has 8 heteroatoms. The van der Waals surface area contributed by atoms with Crippen LogP contribution in [0.3, 0.4) is 0 Å². The largest absolute Gasteiger partial charge is 0.491 e. The molecule has 0 radical (unpaired) electrons. The lowest BCUT2D eigenvalue weighted by Gasteiger charge is -2.18. The number of benzene rings is 2. The molecule has 0 bridgehead atoms. The zero-order chi connectivity index (χ0) is 20.0. The zero-order valence-electron chi connectivity index (χ0n) is 15.5. The van der Waals surface area contributed by atoms with Crippen LogP contribution in [0.25, 0.3) is 0 Å². The smallest absolute Gasteiger partial charge is 0.243 e. The van der Waals surface area contributed by atoms with Crippen molar-refractivity contribution in [3.8, 4) is 5.75 Å². The first-order valence-corrected chi connectivity index (χ1v) is 9.87. The number of para-hydroxylation sites is 2. The van der Waals surface area contributed by atoms with E-state index in [1.165, 1.54) is 7.05 Å². The van der Waals surface area contributed by atoms with Crippen LogP contribution in [0.15, 0.2) is 53.4 Å². The van der Waals surface area contributed by atoms with Crippen molar-refractivity contribution >= 4 is 21.6 Å². The number of hydrogen-bond acceptors (Lipinski definition) is 4. The Morgan fingerprint density at radius 1 is 1.15 bits per heavy atom. The third kappa shape index (κ3) is 5.77. The second-order valence-electron chi connectivity index (χ2n) is 6.46. The van der Waals surface area contributed by atoms with Crippen LogP contribution in [-0.2, 0) is 14.8 Å². The minimum absolute atomic E-state index is 0.0835. The summed E-state index contributed by atoms with van der Waals surface area (Å²) in [6, 6.07) is 11.4. The SMILES string of the molecule is CC(C)COc1ccccc1NC(=O)CN(C)S(=O)(=O)c1ccc(F)cc1. The van der Waals surface area contributed by atoms with Crippen molar-refractivity contribution in [2.45, 2.75) is 18.7 Å². The van der Waals surface area contributed by atoms with Crippen molar-refractivity contribution in [2.24, 2.45) is 5.92 Å². The van der Waals surface area contributed by atoms with E-state index in [2.05, 4.69) is 5.32 Å². The van der Waals surface area contributed by atoms with E-state index >= 15 is 0 Å². The minimum Gasteiger partial charge on any atom is -0.491 e. The molecular weight excluding hydrogens is 371 g/mol. The first kappa shape index (κ1) is 20.9. The molecule has 1 N–H and O–H groups in total. The van der Waals surface area contributed by atoms with Crippen molar-refractivity contribution in [1.82, 2.24) is 4.31 Å². The number of anilines is 1. The molecule has 0 heterocycles. The van der Waals surface area contributed by atoms with Gasteiger partial charge in [0.15, 0.2) is 0 Å². The number of carbonyl (C=O) groups is 1. The molecule has 0 unspecified atom stereocenters. The van der Waals surface area contributed by atoms with E-state index in [1.807, 2.05) is 13.8 Å². The predicted molar refractivity (Wildman–Crippen MR) is 102 cm³/mol. The summed E-state index contributed by atoms with van der Waals surface area (Å²) >= 11 is 0. The van der Waals surface area contributed by atoms with Crippen LogP contribution in [0.5, 0.6) is 5.75 Å². The number of nitrogens with zero attached hydrogens (tertiary/aromatic N) is 1. The van der Waals surface area contributed by atoms with Crippen LogP contribution in [-0.4, -0.2) is 38.8 Å². The summed E-state index contributed by atoms with van der Waals surface area (Å²) in [7, 11) is -2.61. The first-order chi connectivity index (χ1) is 12.7. The van der Waals surface area contributed by atoms with Crippen molar-refractivity contribution < 1.29 is 22.3 Å². The van der Waals surface area contributed by atoms with E-state index in [9.17, 15) is 17.6 Å². The van der Waals surface area contributed by atoms with E-state index in [4.69, 9.17) is 4.74 Å². The van der Waals surface area contributed by atoms with E-state index in [0.29, 0.717) is 24.0 Å². The van der Waals surface area contributed by atoms with Gasteiger partial charge in [0.2, 0.25) is 15.9 Å². The molecule has 6 nitrogen and oxygen atoms in total. The molecule has 0 saturated carbocycles. The number of nitrogens with one attached hydrogen (secondary N) is 1. The molecule has 146 valence electrons. The van der Waals surface area contributed by atoms with Gasteiger partial charge in [-0.1, -0.05) is 26.0 Å². The van der Waals surface area contributed by atoms with Crippen molar-refractivity contribution in [2.75, 3.05) is 25.5 Å². The maximum atomic E-state index is 13.0. The van der Waals surface area contributed by atoms with Gasteiger partial charge in [-0.3, -0.25) is 4.79 Å². The van der Waals surface area contributed by atoms with Gasteiger partial charge in [-0.2, -0.15) is 4.31 Å². The molecule has 0 saturated heterocycles. The summed E-state index contributed by atoms with van der Waals surface area (Å²) in [5.41, 5.74) is 0.468. The molecule has 0 atom stereocenters. The number of ether oxygens (including phenoxy) is 1. The topological polar surface area (TPSA) is 75.7 Å². The zero-order valence-corrected chi connectivity index (χ0v) is 16.3. The van der Waals surface area contributed by atoms with E-state index in [0.717, 1.165) is 28.6 Å². The van der Waals surface area contributed by atoms with Crippen LogP contribution in [0.2, 0.25) is 0 Å². The molecule has 0 aliphatic carbocycles. The third-order valence-corrected chi connectivity index (χ3v) is 5.44. The van der Waals surface area contributed by atoms with Gasteiger partial charge >= 0.3 is 0 Å².